The highest BCUT2D eigenvalue weighted by atomic mass is 35.5. The zero-order valence-electron chi connectivity index (χ0n) is 14.7. The first-order chi connectivity index (χ1) is 11.8. The van der Waals surface area contributed by atoms with Crippen molar-refractivity contribution in [2.75, 3.05) is 19.3 Å². The second-order valence-corrected chi connectivity index (χ2v) is 8.57. The number of carbonyl (C=O) groups excluding carboxylic acids is 1. The van der Waals surface area contributed by atoms with Crippen molar-refractivity contribution in [3.8, 4) is 0 Å². The summed E-state index contributed by atoms with van der Waals surface area (Å²) in [6, 6.07) is 14.3. The van der Waals surface area contributed by atoms with E-state index in [0.717, 1.165) is 16.7 Å². The van der Waals surface area contributed by atoms with Gasteiger partial charge < -0.3 is 10.6 Å². The van der Waals surface area contributed by atoms with Crippen molar-refractivity contribution >= 4 is 28.2 Å². The normalized spacial score (nSPS) is 15.5. The number of benzene rings is 2. The van der Waals surface area contributed by atoms with Crippen molar-refractivity contribution < 1.29 is 13.2 Å². The number of rotatable bonds is 5. The average molecular weight is 395 g/mol. The summed E-state index contributed by atoms with van der Waals surface area (Å²) >= 11 is 0. The summed E-state index contributed by atoms with van der Waals surface area (Å²) in [6.45, 7) is 3.35. The fraction of sp³-hybridized carbons (Fsp3) is 0.316. The summed E-state index contributed by atoms with van der Waals surface area (Å²) in [5.74, 6) is -0.0554. The van der Waals surface area contributed by atoms with Crippen LogP contribution in [0.2, 0.25) is 0 Å². The van der Waals surface area contributed by atoms with Gasteiger partial charge in [0.15, 0.2) is 9.84 Å². The first kappa shape index (κ1) is 20.4. The van der Waals surface area contributed by atoms with Gasteiger partial charge in [0.1, 0.15) is 0 Å². The second kappa shape index (κ2) is 8.20. The zero-order chi connectivity index (χ0) is 18.0. The number of nitrogens with one attached hydrogen (secondary N) is 2. The third-order valence-electron chi connectivity index (χ3n) is 4.47. The number of hydrogen-bond donors (Lipinski definition) is 2. The molecule has 1 atom stereocenters. The first-order valence-electron chi connectivity index (χ1n) is 8.22. The fourth-order valence-corrected chi connectivity index (χ4v) is 3.45. The summed E-state index contributed by atoms with van der Waals surface area (Å²) in [5, 5.41) is 6.17. The number of halogens is 1. The highest BCUT2D eigenvalue weighted by molar-refractivity contribution is 7.90. The van der Waals surface area contributed by atoms with Crippen molar-refractivity contribution in [2.45, 2.75) is 17.9 Å². The standard InChI is InChI=1S/C19H22N2O3S.ClH/c1-13-6-8-14(9-7-13)18(21-19(22)16-11-20-12-16)15-4-3-5-17(10-15)25(2,23)24;/h3-10,16,18,20H,11-12H2,1-2H3,(H,21,22);1H. The van der Waals surface area contributed by atoms with E-state index in [2.05, 4.69) is 10.6 Å². The number of amides is 1. The van der Waals surface area contributed by atoms with Gasteiger partial charge in [0, 0.05) is 19.3 Å². The van der Waals surface area contributed by atoms with Gasteiger partial charge in [0.05, 0.1) is 16.9 Å². The maximum Gasteiger partial charge on any atom is 0.226 e. The van der Waals surface area contributed by atoms with Crippen LogP contribution in [0.1, 0.15) is 22.7 Å². The van der Waals surface area contributed by atoms with E-state index in [4.69, 9.17) is 0 Å². The summed E-state index contributed by atoms with van der Waals surface area (Å²) < 4.78 is 23.8. The third kappa shape index (κ3) is 4.63. The molecule has 1 unspecified atom stereocenters. The molecule has 2 aromatic rings. The minimum absolute atomic E-state index is 0. The molecule has 1 aliphatic rings. The average Bonchev–Trinajstić information content (AvgIpc) is 2.51. The SMILES string of the molecule is Cc1ccc(C(NC(=O)C2CNC2)c2cccc(S(C)(=O)=O)c2)cc1.Cl. The maximum atomic E-state index is 12.5. The molecule has 0 radical (unpaired) electrons. The number of sulfone groups is 1. The van der Waals surface area contributed by atoms with Crippen LogP contribution in [0.3, 0.4) is 0 Å². The minimum Gasteiger partial charge on any atom is -0.345 e. The van der Waals surface area contributed by atoms with E-state index in [-0.39, 0.29) is 35.2 Å². The van der Waals surface area contributed by atoms with E-state index in [1.807, 2.05) is 37.3 Å². The molecule has 0 aromatic heterocycles. The van der Waals surface area contributed by atoms with Crippen LogP contribution in [-0.2, 0) is 14.6 Å². The molecule has 0 spiro atoms. The van der Waals surface area contributed by atoms with Crippen LogP contribution in [0.5, 0.6) is 0 Å². The quantitative estimate of drug-likeness (QED) is 0.815. The van der Waals surface area contributed by atoms with Gasteiger partial charge in [-0.25, -0.2) is 8.42 Å². The summed E-state index contributed by atoms with van der Waals surface area (Å²) in [6.07, 6.45) is 1.19. The van der Waals surface area contributed by atoms with Crippen molar-refractivity contribution in [3.63, 3.8) is 0 Å². The molecule has 3 rings (SSSR count). The van der Waals surface area contributed by atoms with E-state index >= 15 is 0 Å². The zero-order valence-corrected chi connectivity index (χ0v) is 16.4. The fourth-order valence-electron chi connectivity index (χ4n) is 2.78. The minimum atomic E-state index is -3.31. The largest absolute Gasteiger partial charge is 0.345 e. The van der Waals surface area contributed by atoms with Gasteiger partial charge in [-0.05, 0) is 30.2 Å². The van der Waals surface area contributed by atoms with E-state index in [0.29, 0.717) is 13.1 Å². The van der Waals surface area contributed by atoms with Gasteiger partial charge in [0.25, 0.3) is 0 Å². The van der Waals surface area contributed by atoms with Crippen LogP contribution in [0.15, 0.2) is 53.4 Å². The van der Waals surface area contributed by atoms with E-state index in [9.17, 15) is 13.2 Å². The van der Waals surface area contributed by atoms with Crippen molar-refractivity contribution in [1.29, 1.82) is 0 Å². The van der Waals surface area contributed by atoms with Crippen LogP contribution in [0.25, 0.3) is 0 Å². The molecule has 0 aliphatic carbocycles. The molecule has 0 saturated carbocycles. The van der Waals surface area contributed by atoms with E-state index in [1.165, 1.54) is 6.26 Å². The topological polar surface area (TPSA) is 75.3 Å². The van der Waals surface area contributed by atoms with Crippen LogP contribution >= 0.6 is 12.4 Å². The molecule has 1 aliphatic heterocycles. The Kier molecular flexibility index (Phi) is 6.44. The van der Waals surface area contributed by atoms with Gasteiger partial charge in [-0.15, -0.1) is 12.4 Å². The van der Waals surface area contributed by atoms with Gasteiger partial charge >= 0.3 is 0 Å². The van der Waals surface area contributed by atoms with Crippen molar-refractivity contribution in [2.24, 2.45) is 5.92 Å². The van der Waals surface area contributed by atoms with E-state index in [1.54, 1.807) is 18.2 Å². The molecule has 2 aromatic carbocycles. The Hall–Kier alpha value is -1.89. The van der Waals surface area contributed by atoms with Gasteiger partial charge in [-0.3, -0.25) is 4.79 Å². The predicted octanol–water partition coefficient (Wildman–Crippen LogP) is 2.25. The Balaban J connectivity index is 0.00000243. The molecular weight excluding hydrogens is 372 g/mol. The monoisotopic (exact) mass is 394 g/mol. The molecule has 26 heavy (non-hydrogen) atoms. The molecule has 2 N–H and O–H groups in total. The highest BCUT2D eigenvalue weighted by Crippen LogP contribution is 2.25. The lowest BCUT2D eigenvalue weighted by molar-refractivity contribution is -0.126. The van der Waals surface area contributed by atoms with Crippen LogP contribution in [0.4, 0.5) is 0 Å². The maximum absolute atomic E-state index is 12.5. The summed E-state index contributed by atoms with van der Waals surface area (Å²) in [7, 11) is -3.31. The number of carbonyl (C=O) groups is 1. The Labute approximate surface area is 160 Å². The highest BCUT2D eigenvalue weighted by Gasteiger charge is 2.28. The molecule has 1 saturated heterocycles. The predicted molar refractivity (Wildman–Crippen MR) is 104 cm³/mol. The Morgan fingerprint density at radius 2 is 1.77 bits per heavy atom. The lowest BCUT2D eigenvalue weighted by Crippen LogP contribution is -2.51. The Morgan fingerprint density at radius 3 is 2.31 bits per heavy atom. The lowest BCUT2D eigenvalue weighted by atomic mass is 9.95. The molecule has 0 bridgehead atoms. The van der Waals surface area contributed by atoms with Gasteiger partial charge in [0.2, 0.25) is 5.91 Å². The molecule has 1 amide bonds. The molecule has 1 heterocycles. The third-order valence-corrected chi connectivity index (χ3v) is 5.58. The second-order valence-electron chi connectivity index (χ2n) is 6.55. The Bertz CT molecular complexity index is 878. The van der Waals surface area contributed by atoms with Gasteiger partial charge in [-0.2, -0.15) is 0 Å². The number of hydrogen-bond acceptors (Lipinski definition) is 4. The first-order valence-corrected chi connectivity index (χ1v) is 10.1. The van der Waals surface area contributed by atoms with Gasteiger partial charge in [-0.1, -0.05) is 42.0 Å². The summed E-state index contributed by atoms with van der Waals surface area (Å²) in [4.78, 5) is 12.7. The van der Waals surface area contributed by atoms with Crippen molar-refractivity contribution in [1.82, 2.24) is 10.6 Å². The van der Waals surface area contributed by atoms with Crippen LogP contribution in [-0.4, -0.2) is 33.7 Å². The molecule has 7 heteroatoms. The van der Waals surface area contributed by atoms with Crippen molar-refractivity contribution in [3.05, 3.63) is 65.2 Å². The Morgan fingerprint density at radius 1 is 1.12 bits per heavy atom. The molecule has 5 nitrogen and oxygen atoms in total. The smallest absolute Gasteiger partial charge is 0.226 e. The molecular formula is C19H23ClN2O3S. The number of aryl methyl sites for hydroxylation is 1. The van der Waals surface area contributed by atoms with E-state index < -0.39 is 9.84 Å². The summed E-state index contributed by atoms with van der Waals surface area (Å²) in [5.41, 5.74) is 2.81. The lowest BCUT2D eigenvalue weighted by Gasteiger charge is -2.29. The molecule has 1 fully saturated rings. The van der Waals surface area contributed by atoms with Crippen LogP contribution in [0, 0.1) is 12.8 Å². The molecule has 140 valence electrons. The van der Waals surface area contributed by atoms with Crippen LogP contribution < -0.4 is 10.6 Å².